The van der Waals surface area contributed by atoms with Gasteiger partial charge in [0.25, 0.3) is 5.91 Å². The number of halogens is 3. The molecule has 1 aliphatic heterocycles. The second kappa shape index (κ2) is 7.89. The van der Waals surface area contributed by atoms with Gasteiger partial charge in [0.05, 0.1) is 12.0 Å². The summed E-state index contributed by atoms with van der Waals surface area (Å²) in [6.45, 7) is 0.0360. The Hall–Kier alpha value is -2.64. The van der Waals surface area contributed by atoms with E-state index < -0.39 is 29.6 Å². The summed E-state index contributed by atoms with van der Waals surface area (Å²) in [7, 11) is 0. The summed E-state index contributed by atoms with van der Waals surface area (Å²) in [6, 6.07) is 6.08. The van der Waals surface area contributed by atoms with Crippen LogP contribution < -0.4 is 4.74 Å². The first kappa shape index (κ1) is 20.6. The predicted octanol–water partition coefficient (Wildman–Crippen LogP) is 4.41. The summed E-state index contributed by atoms with van der Waals surface area (Å²) in [6.07, 6.45) is 1.50. The van der Waals surface area contributed by atoms with Crippen molar-refractivity contribution in [2.45, 2.75) is 37.8 Å². The molecular weight excluding hydrogens is 436 g/mol. The summed E-state index contributed by atoms with van der Waals surface area (Å²) in [5.74, 6) is -3.13. The van der Waals surface area contributed by atoms with Crippen molar-refractivity contribution < 1.29 is 28.6 Å². The third kappa shape index (κ3) is 4.00. The quantitative estimate of drug-likeness (QED) is 0.519. The molecule has 0 bridgehead atoms. The number of likely N-dealkylation sites (tertiary alicyclic amines) is 1. The number of rotatable bonds is 6. The van der Waals surface area contributed by atoms with E-state index in [2.05, 4.69) is 0 Å². The third-order valence-electron chi connectivity index (χ3n) is 5.16. The zero-order chi connectivity index (χ0) is 21.6. The highest BCUT2D eigenvalue weighted by atomic mass is 35.5. The molecule has 2 fully saturated rings. The van der Waals surface area contributed by atoms with E-state index in [1.807, 2.05) is 0 Å². The van der Waals surface area contributed by atoms with Gasteiger partial charge in [-0.05, 0) is 60.2 Å². The first-order chi connectivity index (χ1) is 14.2. The van der Waals surface area contributed by atoms with Crippen LogP contribution in [0.3, 0.4) is 0 Å². The van der Waals surface area contributed by atoms with Crippen molar-refractivity contribution in [1.29, 1.82) is 0 Å². The third-order valence-corrected chi connectivity index (χ3v) is 5.60. The van der Waals surface area contributed by atoms with E-state index >= 15 is 0 Å². The van der Waals surface area contributed by atoms with E-state index in [4.69, 9.17) is 33.0 Å². The molecule has 1 saturated heterocycles. The number of carbonyl (C=O) groups is 3. The van der Waals surface area contributed by atoms with Crippen LogP contribution in [0.4, 0.5) is 4.39 Å². The average molecular weight is 452 g/mol. The average Bonchev–Trinajstić information content (AvgIpc) is 3.48. The summed E-state index contributed by atoms with van der Waals surface area (Å²) >= 11 is 11.9. The molecule has 4 rings (SSSR count). The van der Waals surface area contributed by atoms with Gasteiger partial charge in [0.15, 0.2) is 0 Å². The second-order valence-corrected chi connectivity index (χ2v) is 8.20. The van der Waals surface area contributed by atoms with Crippen LogP contribution in [-0.2, 0) is 16.2 Å². The molecule has 1 unspecified atom stereocenters. The van der Waals surface area contributed by atoms with Gasteiger partial charge in [0.1, 0.15) is 24.2 Å². The van der Waals surface area contributed by atoms with Crippen molar-refractivity contribution in [3.05, 3.63) is 62.9 Å². The van der Waals surface area contributed by atoms with Crippen LogP contribution in [0, 0.1) is 5.82 Å². The van der Waals surface area contributed by atoms with Crippen LogP contribution in [0.2, 0.25) is 10.0 Å². The second-order valence-electron chi connectivity index (χ2n) is 7.33. The Balaban J connectivity index is 1.61. The predicted molar refractivity (Wildman–Crippen MR) is 106 cm³/mol. The maximum Gasteiger partial charge on any atom is 0.327 e. The summed E-state index contributed by atoms with van der Waals surface area (Å²) in [5, 5.41) is 9.93. The minimum atomic E-state index is -1.30. The van der Waals surface area contributed by atoms with E-state index in [1.165, 1.54) is 12.1 Å². The van der Waals surface area contributed by atoms with E-state index in [0.717, 1.165) is 18.4 Å². The van der Waals surface area contributed by atoms with Gasteiger partial charge in [-0.25, -0.2) is 9.18 Å². The van der Waals surface area contributed by atoms with Crippen molar-refractivity contribution in [3.63, 3.8) is 0 Å². The molecular formula is C21H16Cl2FNO5. The Morgan fingerprint density at radius 3 is 2.37 bits per heavy atom. The highest BCUT2D eigenvalue weighted by Gasteiger charge is 2.46. The number of β-lactam (4-membered cyclic amide) rings is 1. The van der Waals surface area contributed by atoms with Crippen molar-refractivity contribution in [3.8, 4) is 5.75 Å². The lowest BCUT2D eigenvalue weighted by Crippen LogP contribution is -2.59. The zero-order valence-corrected chi connectivity index (χ0v) is 17.0. The molecule has 2 aliphatic rings. The molecule has 6 nitrogen and oxygen atoms in total. The number of carbonyl (C=O) groups excluding carboxylic acids is 2. The van der Waals surface area contributed by atoms with Gasteiger partial charge >= 0.3 is 5.97 Å². The van der Waals surface area contributed by atoms with Gasteiger partial charge < -0.3 is 9.84 Å². The van der Waals surface area contributed by atoms with Crippen molar-refractivity contribution in [2.24, 2.45) is 0 Å². The number of imide groups is 1. The van der Waals surface area contributed by atoms with Crippen molar-refractivity contribution in [1.82, 2.24) is 4.90 Å². The first-order valence-corrected chi connectivity index (χ1v) is 10.0. The van der Waals surface area contributed by atoms with Gasteiger partial charge in [0.2, 0.25) is 5.91 Å². The Kier molecular flexibility index (Phi) is 5.42. The van der Waals surface area contributed by atoms with Gasteiger partial charge in [0, 0.05) is 10.0 Å². The molecule has 0 spiro atoms. The number of carboxylic acid groups (broad SMARTS) is 1. The Bertz CT molecular complexity index is 1050. The lowest BCUT2D eigenvalue weighted by atomic mass is 9.96. The number of aliphatic carboxylic acids is 1. The molecule has 9 heteroatoms. The summed E-state index contributed by atoms with van der Waals surface area (Å²) < 4.78 is 20.5. The van der Waals surface area contributed by atoms with Gasteiger partial charge in [-0.1, -0.05) is 23.2 Å². The van der Waals surface area contributed by atoms with Gasteiger partial charge in [-0.3, -0.25) is 14.5 Å². The summed E-state index contributed by atoms with van der Waals surface area (Å²) in [5.41, 5.74) is 0.992. The van der Waals surface area contributed by atoms with E-state index in [0.29, 0.717) is 26.3 Å². The molecule has 1 atom stereocenters. The number of hydrogen-bond donors (Lipinski definition) is 1. The smallest absolute Gasteiger partial charge is 0.327 e. The fraction of sp³-hybridized carbons (Fsp3) is 0.286. The Morgan fingerprint density at radius 1 is 1.13 bits per heavy atom. The minimum absolute atomic E-state index is 0.0360. The first-order valence-electron chi connectivity index (χ1n) is 9.25. The molecule has 30 heavy (non-hydrogen) atoms. The maximum absolute atomic E-state index is 14.8. The normalized spacial score (nSPS) is 18.2. The highest BCUT2D eigenvalue weighted by Crippen LogP contribution is 2.43. The maximum atomic E-state index is 14.8. The largest absolute Gasteiger partial charge is 0.489 e. The topological polar surface area (TPSA) is 83.9 Å². The zero-order valence-electron chi connectivity index (χ0n) is 15.5. The van der Waals surface area contributed by atoms with Crippen LogP contribution in [0.5, 0.6) is 5.75 Å². The Morgan fingerprint density at radius 2 is 1.80 bits per heavy atom. The molecule has 2 aromatic carbocycles. The molecule has 0 radical (unpaired) electrons. The highest BCUT2D eigenvalue weighted by molar-refractivity contribution is 6.34. The minimum Gasteiger partial charge on any atom is -0.489 e. The SMILES string of the molecule is O=C(O)C1CC(=O)N1C(=O)c1cc(C2CC2)c(COc2cc(Cl)cc(Cl)c2)cc1F. The lowest BCUT2D eigenvalue weighted by molar-refractivity contribution is -0.158. The summed E-state index contributed by atoms with van der Waals surface area (Å²) in [4.78, 5) is 36.2. The van der Waals surface area contributed by atoms with E-state index in [9.17, 15) is 18.8 Å². The Labute approximate surface area is 181 Å². The van der Waals surface area contributed by atoms with E-state index in [-0.39, 0.29) is 24.5 Å². The van der Waals surface area contributed by atoms with Crippen molar-refractivity contribution in [2.75, 3.05) is 0 Å². The lowest BCUT2D eigenvalue weighted by Gasteiger charge is -2.35. The standard InChI is InChI=1S/C21H16Cl2FNO5/c22-12-4-13(23)6-14(5-12)30-9-11-3-17(24)16(7-15(11)10-1-2-10)20(27)25-18(21(28)29)8-19(25)26/h3-7,10,18H,1-2,8-9H2,(H,28,29). The molecule has 2 aromatic rings. The van der Waals surface area contributed by atoms with Crippen LogP contribution in [0.15, 0.2) is 30.3 Å². The number of hydrogen-bond acceptors (Lipinski definition) is 4. The van der Waals surface area contributed by atoms with Crippen LogP contribution in [0.25, 0.3) is 0 Å². The fourth-order valence-corrected chi connectivity index (χ4v) is 3.97. The van der Waals surface area contributed by atoms with Crippen LogP contribution >= 0.6 is 23.2 Å². The number of amides is 2. The molecule has 1 N–H and O–H groups in total. The van der Waals surface area contributed by atoms with Gasteiger partial charge in [-0.2, -0.15) is 0 Å². The van der Waals surface area contributed by atoms with Crippen molar-refractivity contribution >= 4 is 41.0 Å². The fourth-order valence-electron chi connectivity index (χ4n) is 3.47. The number of carboxylic acids is 1. The molecule has 0 aromatic heterocycles. The molecule has 2 amide bonds. The number of ether oxygens (including phenoxy) is 1. The molecule has 1 heterocycles. The monoisotopic (exact) mass is 451 g/mol. The number of nitrogens with zero attached hydrogens (tertiary/aromatic N) is 1. The molecule has 1 saturated carbocycles. The number of benzene rings is 2. The molecule has 156 valence electrons. The van der Waals surface area contributed by atoms with Crippen LogP contribution in [0.1, 0.15) is 46.7 Å². The molecule has 1 aliphatic carbocycles. The van der Waals surface area contributed by atoms with Gasteiger partial charge in [-0.15, -0.1) is 0 Å². The van der Waals surface area contributed by atoms with Crippen LogP contribution in [-0.4, -0.2) is 33.8 Å². The van der Waals surface area contributed by atoms with E-state index in [1.54, 1.807) is 18.2 Å².